The fourth-order valence-electron chi connectivity index (χ4n) is 4.39. The van der Waals surface area contributed by atoms with Crippen molar-refractivity contribution < 1.29 is 14.3 Å². The van der Waals surface area contributed by atoms with Crippen LogP contribution in [-0.4, -0.2) is 28.9 Å². The van der Waals surface area contributed by atoms with Gasteiger partial charge in [0.1, 0.15) is 12.3 Å². The predicted molar refractivity (Wildman–Crippen MR) is 152 cm³/mol. The molecular formula is C29H29ClN4O3S. The fourth-order valence-corrected chi connectivity index (χ4v) is 5.52. The van der Waals surface area contributed by atoms with Gasteiger partial charge in [-0.15, -0.1) is 5.10 Å². The molecule has 3 aromatic carbocycles. The van der Waals surface area contributed by atoms with E-state index in [1.807, 2.05) is 60.7 Å². The van der Waals surface area contributed by atoms with Crippen molar-refractivity contribution in [1.82, 2.24) is 10.3 Å². The number of hydrogen-bond acceptors (Lipinski definition) is 7. The predicted octanol–water partition coefficient (Wildman–Crippen LogP) is 4.99. The largest absolute Gasteiger partial charge is 0.493 e. The quantitative estimate of drug-likeness (QED) is 0.381. The minimum Gasteiger partial charge on any atom is -0.493 e. The number of para-hydroxylation sites is 1. The molecule has 196 valence electrons. The van der Waals surface area contributed by atoms with Gasteiger partial charge in [-0.2, -0.15) is 0 Å². The van der Waals surface area contributed by atoms with Crippen LogP contribution < -0.4 is 25.4 Å². The van der Waals surface area contributed by atoms with Gasteiger partial charge in [0.15, 0.2) is 22.8 Å². The van der Waals surface area contributed by atoms with Crippen LogP contribution in [0.1, 0.15) is 43.5 Å². The maximum absolute atomic E-state index is 13.3. The summed E-state index contributed by atoms with van der Waals surface area (Å²) >= 11 is 8.28. The number of amides is 1. The molecule has 1 amide bonds. The van der Waals surface area contributed by atoms with Crippen LogP contribution >= 0.6 is 23.4 Å². The SMILES string of the molecule is CCCCCSC1=NN2C(=c3ccccc3=N[C@H]2c2cc(Cl)c(OCc3ccccc3)c(OC)c2)C(=O)N1. The first-order valence-electron chi connectivity index (χ1n) is 12.6. The highest BCUT2D eigenvalue weighted by Crippen LogP contribution is 2.41. The van der Waals surface area contributed by atoms with E-state index >= 15 is 0 Å². The number of ether oxygens (including phenoxy) is 2. The fraction of sp³-hybridized carbons (Fsp3) is 0.276. The minimum absolute atomic E-state index is 0.203. The molecule has 0 fully saturated rings. The number of unbranched alkanes of at least 4 members (excludes halogenated alkanes) is 2. The van der Waals surface area contributed by atoms with Gasteiger partial charge in [0.2, 0.25) is 0 Å². The molecule has 1 N–H and O–H groups in total. The van der Waals surface area contributed by atoms with Gasteiger partial charge in [-0.05, 0) is 30.2 Å². The number of halogens is 1. The van der Waals surface area contributed by atoms with Gasteiger partial charge in [0, 0.05) is 16.5 Å². The van der Waals surface area contributed by atoms with Crippen molar-refractivity contribution in [2.45, 2.75) is 39.0 Å². The van der Waals surface area contributed by atoms with Crippen LogP contribution in [0.15, 0.2) is 76.8 Å². The first-order chi connectivity index (χ1) is 18.6. The second-order valence-corrected chi connectivity index (χ2v) is 10.4. The highest BCUT2D eigenvalue weighted by molar-refractivity contribution is 8.13. The number of methoxy groups -OCH3 is 1. The number of rotatable bonds is 9. The number of amidine groups is 1. The molecule has 0 unspecified atom stereocenters. The topological polar surface area (TPSA) is 75.5 Å². The lowest BCUT2D eigenvalue weighted by atomic mass is 10.1. The number of nitrogens with one attached hydrogen (secondary N) is 1. The van der Waals surface area contributed by atoms with Crippen LogP contribution in [0.2, 0.25) is 5.02 Å². The summed E-state index contributed by atoms with van der Waals surface area (Å²) < 4.78 is 11.7. The van der Waals surface area contributed by atoms with Gasteiger partial charge in [0.05, 0.1) is 17.5 Å². The van der Waals surface area contributed by atoms with E-state index in [0.29, 0.717) is 39.4 Å². The Bertz CT molecular complexity index is 1480. The van der Waals surface area contributed by atoms with Crippen molar-refractivity contribution in [3.8, 4) is 11.5 Å². The summed E-state index contributed by atoms with van der Waals surface area (Å²) in [6.07, 6.45) is 2.72. The monoisotopic (exact) mass is 548 g/mol. The Balaban J connectivity index is 1.52. The molecule has 0 aliphatic carbocycles. The molecule has 0 radical (unpaired) electrons. The number of carbonyl (C=O) groups is 1. The maximum Gasteiger partial charge on any atom is 0.276 e. The Kier molecular flexibility index (Phi) is 8.20. The van der Waals surface area contributed by atoms with E-state index in [-0.39, 0.29) is 5.91 Å². The third-order valence-corrected chi connectivity index (χ3v) is 7.51. The van der Waals surface area contributed by atoms with Crippen LogP contribution in [0.3, 0.4) is 0 Å². The third-order valence-electron chi connectivity index (χ3n) is 6.28. The number of benzene rings is 3. The average molecular weight is 549 g/mol. The summed E-state index contributed by atoms with van der Waals surface area (Å²) in [4.78, 5) is 18.3. The van der Waals surface area contributed by atoms with Crippen LogP contribution in [0.25, 0.3) is 5.70 Å². The summed E-state index contributed by atoms with van der Waals surface area (Å²) in [5, 5.41) is 11.9. The van der Waals surface area contributed by atoms with E-state index in [1.165, 1.54) is 0 Å². The Morgan fingerprint density at radius 2 is 1.87 bits per heavy atom. The van der Waals surface area contributed by atoms with Gasteiger partial charge in [-0.25, -0.2) is 5.01 Å². The van der Waals surface area contributed by atoms with E-state index in [1.54, 1.807) is 29.9 Å². The van der Waals surface area contributed by atoms with Crippen LogP contribution in [-0.2, 0) is 11.4 Å². The maximum atomic E-state index is 13.3. The summed E-state index contributed by atoms with van der Waals surface area (Å²) in [6, 6.07) is 21.1. The average Bonchev–Trinajstić information content (AvgIpc) is 2.94. The lowest BCUT2D eigenvalue weighted by molar-refractivity contribution is -0.116. The highest BCUT2D eigenvalue weighted by Gasteiger charge is 2.35. The molecule has 38 heavy (non-hydrogen) atoms. The summed E-state index contributed by atoms with van der Waals surface area (Å²) in [5.74, 6) is 1.61. The zero-order chi connectivity index (χ0) is 26.5. The van der Waals surface area contributed by atoms with Gasteiger partial charge in [-0.3, -0.25) is 15.1 Å². The molecule has 2 heterocycles. The van der Waals surface area contributed by atoms with Crippen LogP contribution in [0.4, 0.5) is 0 Å². The van der Waals surface area contributed by atoms with E-state index in [2.05, 4.69) is 12.2 Å². The Hall–Kier alpha value is -3.49. The zero-order valence-corrected chi connectivity index (χ0v) is 22.9. The second kappa shape index (κ2) is 11.9. The number of hydrogen-bond donors (Lipinski definition) is 1. The number of fused-ring (bicyclic) bond motifs is 2. The molecule has 0 aromatic heterocycles. The number of hydrazone groups is 1. The van der Waals surface area contributed by atoms with Gasteiger partial charge in [-0.1, -0.05) is 91.7 Å². The first kappa shape index (κ1) is 26.1. The van der Waals surface area contributed by atoms with Crippen molar-refractivity contribution >= 4 is 40.1 Å². The molecular weight excluding hydrogens is 520 g/mol. The molecule has 0 saturated carbocycles. The number of thioether (sulfide) groups is 1. The summed E-state index contributed by atoms with van der Waals surface area (Å²) in [7, 11) is 1.58. The molecule has 2 aliphatic rings. The molecule has 0 bridgehead atoms. The smallest absolute Gasteiger partial charge is 0.276 e. The van der Waals surface area contributed by atoms with Gasteiger partial charge in [0.25, 0.3) is 5.91 Å². The van der Waals surface area contributed by atoms with E-state index in [0.717, 1.165) is 41.4 Å². The van der Waals surface area contributed by atoms with Crippen molar-refractivity contribution in [1.29, 1.82) is 0 Å². The molecule has 7 nitrogen and oxygen atoms in total. The lowest BCUT2D eigenvalue weighted by Gasteiger charge is -2.34. The lowest BCUT2D eigenvalue weighted by Crippen LogP contribution is -2.50. The highest BCUT2D eigenvalue weighted by atomic mass is 35.5. The van der Waals surface area contributed by atoms with Gasteiger partial charge >= 0.3 is 0 Å². The van der Waals surface area contributed by atoms with E-state index in [4.69, 9.17) is 31.2 Å². The zero-order valence-electron chi connectivity index (χ0n) is 21.3. The molecule has 0 spiro atoms. The molecule has 1 atom stereocenters. The molecule has 3 aromatic rings. The van der Waals surface area contributed by atoms with Crippen molar-refractivity contribution in [2.75, 3.05) is 12.9 Å². The Morgan fingerprint density at radius 1 is 1.08 bits per heavy atom. The normalized spacial score (nSPS) is 16.1. The second-order valence-electron chi connectivity index (χ2n) is 8.94. The van der Waals surface area contributed by atoms with E-state index in [9.17, 15) is 4.79 Å². The minimum atomic E-state index is -0.605. The Morgan fingerprint density at radius 3 is 2.66 bits per heavy atom. The molecule has 2 aliphatic heterocycles. The summed E-state index contributed by atoms with van der Waals surface area (Å²) in [6.45, 7) is 2.52. The summed E-state index contributed by atoms with van der Waals surface area (Å²) in [5.41, 5.74) is 2.21. The number of nitrogens with zero attached hydrogens (tertiary/aromatic N) is 3. The standard InChI is InChI=1S/C29H29ClN4O3S/c1-3-4-10-15-38-29-32-28(35)25-21-13-8-9-14-23(21)31-27(34(25)33-29)20-16-22(30)26(24(17-20)36-2)37-18-19-11-6-5-7-12-19/h5-9,11-14,16-17,27H,3-4,10,15,18H2,1-2H3,(H,32,33,35)/t27-/m1/s1. The Labute approximate surface area is 231 Å². The van der Waals surface area contributed by atoms with Crippen molar-refractivity contribution in [3.63, 3.8) is 0 Å². The van der Waals surface area contributed by atoms with Crippen molar-refractivity contribution in [2.24, 2.45) is 10.1 Å². The molecule has 5 rings (SSSR count). The van der Waals surface area contributed by atoms with Crippen LogP contribution in [0, 0.1) is 0 Å². The number of carbonyl (C=O) groups excluding carboxylic acids is 1. The first-order valence-corrected chi connectivity index (χ1v) is 14.0. The van der Waals surface area contributed by atoms with Crippen molar-refractivity contribution in [3.05, 3.63) is 93.5 Å². The molecule has 9 heteroatoms. The van der Waals surface area contributed by atoms with Gasteiger partial charge < -0.3 is 9.47 Å². The van der Waals surface area contributed by atoms with Crippen LogP contribution in [0.5, 0.6) is 11.5 Å². The van der Waals surface area contributed by atoms with E-state index < -0.39 is 6.17 Å². The third kappa shape index (κ3) is 5.51. The molecule has 0 saturated heterocycles.